The van der Waals surface area contributed by atoms with Crippen LogP contribution < -0.4 is 10.6 Å². The molecular formula is C13H15N3O. The molecule has 0 unspecified atom stereocenters. The van der Waals surface area contributed by atoms with Crippen LogP contribution in [-0.4, -0.2) is 25.3 Å². The molecule has 1 amide bonds. The smallest absolute Gasteiger partial charge is 0.251 e. The van der Waals surface area contributed by atoms with E-state index in [1.807, 2.05) is 43.6 Å². The minimum atomic E-state index is -0.0457. The van der Waals surface area contributed by atoms with E-state index in [0.717, 1.165) is 11.1 Å². The van der Waals surface area contributed by atoms with E-state index in [2.05, 4.69) is 15.6 Å². The molecule has 17 heavy (non-hydrogen) atoms. The molecule has 2 rings (SSSR count). The zero-order valence-corrected chi connectivity index (χ0v) is 9.73. The summed E-state index contributed by atoms with van der Waals surface area (Å²) in [5.41, 5.74) is 2.65. The summed E-state index contributed by atoms with van der Waals surface area (Å²) in [5.74, 6) is -0.0457. The fourth-order valence-electron chi connectivity index (χ4n) is 1.65. The van der Waals surface area contributed by atoms with E-state index in [9.17, 15) is 4.79 Å². The number of hydrogen-bond donors (Lipinski definition) is 2. The van der Waals surface area contributed by atoms with E-state index >= 15 is 0 Å². The van der Waals surface area contributed by atoms with E-state index in [4.69, 9.17) is 0 Å². The number of hydrogen-bond acceptors (Lipinski definition) is 3. The van der Waals surface area contributed by atoms with Crippen molar-refractivity contribution < 1.29 is 4.79 Å². The Bertz CT molecular complexity index is 477. The highest BCUT2D eigenvalue weighted by Crippen LogP contribution is 2.15. The Hall–Kier alpha value is -2.10. The van der Waals surface area contributed by atoms with Crippen LogP contribution in [0.3, 0.4) is 0 Å². The molecule has 1 aromatic rings. The lowest BCUT2D eigenvalue weighted by atomic mass is 10.0. The molecule has 88 valence electrons. The largest absolute Gasteiger partial charge is 0.372 e. The fourth-order valence-corrected chi connectivity index (χ4v) is 1.65. The Labute approximate surface area is 100 Å². The van der Waals surface area contributed by atoms with Crippen molar-refractivity contribution in [3.63, 3.8) is 0 Å². The number of aliphatic imine (C=N–C) groups is 1. The van der Waals surface area contributed by atoms with E-state index in [0.29, 0.717) is 18.8 Å². The Balaban J connectivity index is 2.25. The highest BCUT2D eigenvalue weighted by atomic mass is 16.1. The highest BCUT2D eigenvalue weighted by Gasteiger charge is 2.07. The summed E-state index contributed by atoms with van der Waals surface area (Å²) < 4.78 is 0. The van der Waals surface area contributed by atoms with Gasteiger partial charge in [0, 0.05) is 30.1 Å². The summed E-state index contributed by atoms with van der Waals surface area (Å²) in [6, 6.07) is 7.52. The Morgan fingerprint density at radius 3 is 3.12 bits per heavy atom. The number of carbonyl (C=O) groups excluding carboxylic acids is 1. The lowest BCUT2D eigenvalue weighted by Crippen LogP contribution is -2.22. The molecule has 0 bridgehead atoms. The molecule has 0 spiro atoms. The molecule has 0 saturated carbocycles. The molecule has 4 heteroatoms. The molecule has 1 heterocycles. The van der Waals surface area contributed by atoms with Gasteiger partial charge < -0.3 is 10.6 Å². The summed E-state index contributed by atoms with van der Waals surface area (Å²) in [7, 11) is 0. The van der Waals surface area contributed by atoms with Crippen LogP contribution in [0.5, 0.6) is 0 Å². The van der Waals surface area contributed by atoms with Crippen molar-refractivity contribution in [2.75, 3.05) is 13.2 Å². The van der Waals surface area contributed by atoms with Crippen LogP contribution in [-0.2, 0) is 0 Å². The number of benzene rings is 1. The third kappa shape index (κ3) is 2.72. The molecule has 0 saturated heterocycles. The highest BCUT2D eigenvalue weighted by molar-refractivity contribution is 6.10. The van der Waals surface area contributed by atoms with Gasteiger partial charge in [0.05, 0.1) is 0 Å². The van der Waals surface area contributed by atoms with Gasteiger partial charge in [0.2, 0.25) is 0 Å². The lowest BCUT2D eigenvalue weighted by molar-refractivity contribution is 0.0956. The molecule has 0 radical (unpaired) electrons. The van der Waals surface area contributed by atoms with Crippen LogP contribution in [0.2, 0.25) is 0 Å². The maximum Gasteiger partial charge on any atom is 0.251 e. The number of nitrogens with zero attached hydrogens (tertiary/aromatic N) is 1. The van der Waals surface area contributed by atoms with E-state index in [1.165, 1.54) is 0 Å². The Kier molecular flexibility index (Phi) is 3.55. The first kappa shape index (κ1) is 11.4. The van der Waals surface area contributed by atoms with Gasteiger partial charge in [-0.3, -0.25) is 9.79 Å². The quantitative estimate of drug-likeness (QED) is 0.823. The monoisotopic (exact) mass is 229 g/mol. The van der Waals surface area contributed by atoms with Gasteiger partial charge in [-0.05, 0) is 24.6 Å². The summed E-state index contributed by atoms with van der Waals surface area (Å²) in [6.45, 7) is 3.15. The Morgan fingerprint density at radius 2 is 2.41 bits per heavy atom. The zero-order chi connectivity index (χ0) is 12.1. The topological polar surface area (TPSA) is 53.5 Å². The number of carbonyl (C=O) groups is 1. The third-order valence-electron chi connectivity index (χ3n) is 2.47. The van der Waals surface area contributed by atoms with Gasteiger partial charge in [-0.1, -0.05) is 12.1 Å². The average Bonchev–Trinajstić information content (AvgIpc) is 2.40. The van der Waals surface area contributed by atoms with Crippen molar-refractivity contribution in [1.29, 1.82) is 0 Å². The standard InChI is InChI=1S/C13H15N3O/c1-2-16-13(17)11-5-3-4-10(6-11)12-7-14-9-15-8-12/h3-8,14H,2,9H2,1H3,(H,16,17). The van der Waals surface area contributed by atoms with E-state index in [1.54, 1.807) is 0 Å². The number of amides is 1. The maximum atomic E-state index is 11.7. The molecule has 1 aromatic carbocycles. The van der Waals surface area contributed by atoms with E-state index < -0.39 is 0 Å². The number of nitrogens with one attached hydrogen (secondary N) is 2. The summed E-state index contributed by atoms with van der Waals surface area (Å²) in [6.07, 6.45) is 3.72. The van der Waals surface area contributed by atoms with Crippen LogP contribution >= 0.6 is 0 Å². The first-order chi connectivity index (χ1) is 8.31. The van der Waals surface area contributed by atoms with Crippen LogP contribution in [0.25, 0.3) is 5.57 Å². The predicted molar refractivity (Wildman–Crippen MR) is 68.9 cm³/mol. The Morgan fingerprint density at radius 1 is 1.53 bits per heavy atom. The summed E-state index contributed by atoms with van der Waals surface area (Å²) >= 11 is 0. The second kappa shape index (κ2) is 5.30. The second-order valence-corrected chi connectivity index (χ2v) is 3.71. The molecule has 2 N–H and O–H groups in total. The van der Waals surface area contributed by atoms with Crippen molar-refractivity contribution in [2.24, 2.45) is 4.99 Å². The first-order valence-electron chi connectivity index (χ1n) is 5.63. The molecule has 4 nitrogen and oxygen atoms in total. The van der Waals surface area contributed by atoms with Crippen molar-refractivity contribution in [1.82, 2.24) is 10.6 Å². The van der Waals surface area contributed by atoms with E-state index in [-0.39, 0.29) is 5.91 Å². The zero-order valence-electron chi connectivity index (χ0n) is 9.73. The molecular weight excluding hydrogens is 214 g/mol. The molecule has 1 aliphatic rings. The van der Waals surface area contributed by atoms with Gasteiger partial charge in [0.1, 0.15) is 6.67 Å². The predicted octanol–water partition coefficient (Wildman–Crippen LogP) is 1.41. The maximum absolute atomic E-state index is 11.7. The molecule has 1 aliphatic heterocycles. The molecule has 0 aromatic heterocycles. The minimum absolute atomic E-state index is 0.0457. The third-order valence-corrected chi connectivity index (χ3v) is 2.47. The first-order valence-corrected chi connectivity index (χ1v) is 5.63. The normalized spacial score (nSPS) is 13.8. The lowest BCUT2D eigenvalue weighted by Gasteiger charge is -2.09. The van der Waals surface area contributed by atoms with Crippen LogP contribution in [0.15, 0.2) is 35.5 Å². The van der Waals surface area contributed by atoms with Crippen molar-refractivity contribution in [2.45, 2.75) is 6.92 Å². The van der Waals surface area contributed by atoms with Crippen LogP contribution in [0.4, 0.5) is 0 Å². The molecule has 0 aliphatic carbocycles. The van der Waals surface area contributed by atoms with Crippen LogP contribution in [0, 0.1) is 0 Å². The van der Waals surface area contributed by atoms with Gasteiger partial charge in [0.15, 0.2) is 0 Å². The fraction of sp³-hybridized carbons (Fsp3) is 0.231. The van der Waals surface area contributed by atoms with Gasteiger partial charge in [-0.15, -0.1) is 0 Å². The van der Waals surface area contributed by atoms with Crippen LogP contribution in [0.1, 0.15) is 22.8 Å². The summed E-state index contributed by atoms with van der Waals surface area (Å²) in [4.78, 5) is 15.8. The van der Waals surface area contributed by atoms with Gasteiger partial charge in [0.25, 0.3) is 5.91 Å². The minimum Gasteiger partial charge on any atom is -0.372 e. The van der Waals surface area contributed by atoms with Gasteiger partial charge in [-0.2, -0.15) is 0 Å². The number of allylic oxidation sites excluding steroid dienone is 1. The van der Waals surface area contributed by atoms with Gasteiger partial charge >= 0.3 is 0 Å². The second-order valence-electron chi connectivity index (χ2n) is 3.71. The molecule has 0 atom stereocenters. The average molecular weight is 229 g/mol. The van der Waals surface area contributed by atoms with Gasteiger partial charge in [-0.25, -0.2) is 0 Å². The van der Waals surface area contributed by atoms with Crippen molar-refractivity contribution >= 4 is 17.7 Å². The summed E-state index contributed by atoms with van der Waals surface area (Å²) in [5, 5.41) is 5.83. The number of rotatable bonds is 3. The SMILES string of the molecule is CCNC(=O)c1cccc(C2=CNCN=C2)c1. The molecule has 0 fully saturated rings. The van der Waals surface area contributed by atoms with Crippen molar-refractivity contribution in [3.8, 4) is 0 Å². The van der Waals surface area contributed by atoms with Crippen molar-refractivity contribution in [3.05, 3.63) is 41.6 Å².